The Balaban J connectivity index is 1.60. The van der Waals surface area contributed by atoms with Crippen LogP contribution in [-0.2, 0) is 4.79 Å². The molecule has 0 N–H and O–H groups in total. The van der Waals surface area contributed by atoms with Gasteiger partial charge in [0.1, 0.15) is 5.54 Å². The van der Waals surface area contributed by atoms with E-state index in [-0.39, 0.29) is 11.9 Å². The number of imide groups is 1. The number of rotatable bonds is 8. The molecule has 0 unspecified atom stereocenters. The van der Waals surface area contributed by atoms with Crippen LogP contribution in [0.5, 0.6) is 0 Å². The summed E-state index contributed by atoms with van der Waals surface area (Å²) in [6.07, 6.45) is 6.72. The van der Waals surface area contributed by atoms with Crippen molar-refractivity contribution < 1.29 is 9.59 Å². The summed E-state index contributed by atoms with van der Waals surface area (Å²) >= 11 is 0. The Morgan fingerprint density at radius 3 is 2.29 bits per heavy atom. The molecule has 6 nitrogen and oxygen atoms in total. The van der Waals surface area contributed by atoms with Gasteiger partial charge in [-0.2, -0.15) is 0 Å². The highest BCUT2D eigenvalue weighted by atomic mass is 16.2. The Kier molecular flexibility index (Phi) is 7.42. The highest BCUT2D eigenvalue weighted by Gasteiger charge is 2.57. The molecule has 6 heteroatoms. The smallest absolute Gasteiger partial charge is 0.327 e. The Morgan fingerprint density at radius 1 is 1.10 bits per heavy atom. The minimum atomic E-state index is -0.635. The molecular weight excluding hydrogens is 388 g/mol. The summed E-state index contributed by atoms with van der Waals surface area (Å²) < 4.78 is 0. The number of carbonyl (C=O) groups excluding carboxylic acids is 2. The van der Waals surface area contributed by atoms with E-state index in [1.165, 1.54) is 16.2 Å². The lowest BCUT2D eigenvalue weighted by Crippen LogP contribution is -2.56. The van der Waals surface area contributed by atoms with Gasteiger partial charge in [-0.3, -0.25) is 14.6 Å². The van der Waals surface area contributed by atoms with E-state index >= 15 is 0 Å². The minimum Gasteiger partial charge on any atom is -0.378 e. The fourth-order valence-electron chi connectivity index (χ4n) is 4.57. The van der Waals surface area contributed by atoms with E-state index in [0.29, 0.717) is 19.0 Å². The van der Waals surface area contributed by atoms with Gasteiger partial charge in [-0.05, 0) is 49.8 Å². The second-order valence-corrected chi connectivity index (χ2v) is 9.39. The molecule has 2 aliphatic heterocycles. The van der Waals surface area contributed by atoms with Crippen molar-refractivity contribution in [3.63, 3.8) is 0 Å². The summed E-state index contributed by atoms with van der Waals surface area (Å²) in [5.74, 6) is 0.521. The second-order valence-electron chi connectivity index (χ2n) is 9.39. The molecule has 2 heterocycles. The van der Waals surface area contributed by atoms with Crippen molar-refractivity contribution in [1.29, 1.82) is 0 Å². The number of urea groups is 1. The molecule has 0 bridgehead atoms. The van der Waals surface area contributed by atoms with Crippen LogP contribution in [0.25, 0.3) is 6.08 Å². The van der Waals surface area contributed by atoms with Crippen molar-refractivity contribution in [1.82, 2.24) is 14.7 Å². The maximum Gasteiger partial charge on any atom is 0.327 e. The van der Waals surface area contributed by atoms with Crippen LogP contribution in [0.2, 0.25) is 0 Å². The molecule has 0 aliphatic carbocycles. The lowest BCUT2D eigenvalue weighted by atomic mass is 9.85. The van der Waals surface area contributed by atoms with Gasteiger partial charge >= 0.3 is 6.03 Å². The van der Waals surface area contributed by atoms with E-state index < -0.39 is 5.54 Å². The predicted octanol–water partition coefficient (Wildman–Crippen LogP) is 3.93. The Morgan fingerprint density at radius 2 is 1.74 bits per heavy atom. The summed E-state index contributed by atoms with van der Waals surface area (Å²) in [4.78, 5) is 33.9. The molecule has 0 aromatic heterocycles. The molecule has 2 aliphatic rings. The van der Waals surface area contributed by atoms with Crippen LogP contribution in [0.4, 0.5) is 10.5 Å². The van der Waals surface area contributed by atoms with Crippen molar-refractivity contribution in [3.05, 3.63) is 35.9 Å². The van der Waals surface area contributed by atoms with Crippen LogP contribution in [-0.4, -0.2) is 79.0 Å². The molecule has 0 saturated carbocycles. The lowest BCUT2D eigenvalue weighted by Gasteiger charge is -2.42. The molecule has 3 rings (SSSR count). The first-order chi connectivity index (χ1) is 14.8. The van der Waals surface area contributed by atoms with Gasteiger partial charge in [0.05, 0.1) is 0 Å². The highest BCUT2D eigenvalue weighted by molar-refractivity contribution is 6.07. The van der Waals surface area contributed by atoms with Crippen LogP contribution >= 0.6 is 0 Å². The van der Waals surface area contributed by atoms with Crippen LogP contribution in [0.15, 0.2) is 30.3 Å². The Labute approximate surface area is 187 Å². The number of piperidine rings is 1. The van der Waals surface area contributed by atoms with Crippen molar-refractivity contribution in [3.8, 4) is 0 Å². The molecule has 2 fully saturated rings. The van der Waals surface area contributed by atoms with Crippen LogP contribution in [0.3, 0.4) is 0 Å². The van der Waals surface area contributed by atoms with Crippen LogP contribution in [0.1, 0.15) is 45.6 Å². The number of hydrogen-bond donors (Lipinski definition) is 0. The number of hydrogen-bond acceptors (Lipinski definition) is 4. The normalized spacial score (nSPS) is 19.4. The molecular formula is C25H38N4O2. The quantitative estimate of drug-likeness (QED) is 0.591. The highest BCUT2D eigenvalue weighted by Crippen LogP contribution is 2.37. The first kappa shape index (κ1) is 23.3. The Bertz CT molecular complexity index is 792. The Hall–Kier alpha value is -2.34. The molecule has 1 spiro atoms. The van der Waals surface area contributed by atoms with E-state index in [4.69, 9.17) is 0 Å². The third-order valence-corrected chi connectivity index (χ3v) is 6.63. The fraction of sp³-hybridized carbons (Fsp3) is 0.600. The average molecular weight is 427 g/mol. The summed E-state index contributed by atoms with van der Waals surface area (Å²) in [6.45, 7) is 9.86. The molecule has 2 saturated heterocycles. The fourth-order valence-corrected chi connectivity index (χ4v) is 4.57. The standard InChI is InChI=1S/C25H38N4O2/c1-6-28-23(30)25(29(24(28)31)17-13-20(2)3)14-18-27(19-15-25)16-7-8-21-9-11-22(12-10-21)26(4)5/h7-12,20H,6,13-19H2,1-5H3/b8-7+. The largest absolute Gasteiger partial charge is 0.378 e. The number of benzene rings is 1. The van der Waals surface area contributed by atoms with Crippen LogP contribution in [0, 0.1) is 5.92 Å². The van der Waals surface area contributed by atoms with Gasteiger partial charge in [0.2, 0.25) is 0 Å². The number of carbonyl (C=O) groups is 2. The summed E-state index contributed by atoms with van der Waals surface area (Å²) in [5, 5.41) is 0. The number of anilines is 1. The van der Waals surface area contributed by atoms with Gasteiger partial charge in [-0.15, -0.1) is 0 Å². The zero-order valence-electron chi connectivity index (χ0n) is 19.8. The maximum absolute atomic E-state index is 13.2. The summed E-state index contributed by atoms with van der Waals surface area (Å²) in [7, 11) is 4.08. The predicted molar refractivity (Wildman–Crippen MR) is 127 cm³/mol. The van der Waals surface area contributed by atoms with Gasteiger partial charge in [-0.25, -0.2) is 4.79 Å². The van der Waals surface area contributed by atoms with Crippen LogP contribution < -0.4 is 4.90 Å². The summed E-state index contributed by atoms with van der Waals surface area (Å²) in [5.41, 5.74) is 1.75. The molecule has 170 valence electrons. The summed E-state index contributed by atoms with van der Waals surface area (Å²) in [6, 6.07) is 8.41. The number of amides is 3. The molecule has 31 heavy (non-hydrogen) atoms. The first-order valence-electron chi connectivity index (χ1n) is 11.6. The zero-order chi connectivity index (χ0) is 22.6. The third kappa shape index (κ3) is 4.95. The van der Waals surface area contributed by atoms with Crippen molar-refractivity contribution in [2.75, 3.05) is 51.7 Å². The minimum absolute atomic E-state index is 0.0138. The van der Waals surface area contributed by atoms with Crippen molar-refractivity contribution >= 4 is 23.7 Å². The van der Waals surface area contributed by atoms with Gasteiger partial charge < -0.3 is 9.80 Å². The van der Waals surface area contributed by atoms with E-state index in [9.17, 15) is 9.59 Å². The van der Waals surface area contributed by atoms with Gasteiger partial charge in [0, 0.05) is 52.5 Å². The van der Waals surface area contributed by atoms with Crippen molar-refractivity contribution in [2.24, 2.45) is 5.92 Å². The molecule has 1 aromatic rings. The molecule has 1 aromatic carbocycles. The molecule has 0 atom stereocenters. The number of likely N-dealkylation sites (N-methyl/N-ethyl adjacent to an activating group) is 1. The topological polar surface area (TPSA) is 47.1 Å². The van der Waals surface area contributed by atoms with Gasteiger partial charge in [0.25, 0.3) is 5.91 Å². The number of nitrogens with zero attached hydrogens (tertiary/aromatic N) is 4. The second kappa shape index (κ2) is 9.86. The SMILES string of the molecule is CCN1C(=O)N(CCC(C)C)C2(CCN(C/C=C/c3ccc(N(C)C)cc3)CC2)C1=O. The van der Waals surface area contributed by atoms with E-state index in [1.54, 1.807) is 0 Å². The van der Waals surface area contributed by atoms with Gasteiger partial charge in [-0.1, -0.05) is 38.1 Å². The number of likely N-dealkylation sites (tertiary alicyclic amines) is 1. The third-order valence-electron chi connectivity index (χ3n) is 6.63. The molecule has 3 amide bonds. The lowest BCUT2D eigenvalue weighted by molar-refractivity contribution is -0.135. The first-order valence-corrected chi connectivity index (χ1v) is 11.6. The maximum atomic E-state index is 13.2. The molecule has 0 radical (unpaired) electrons. The van der Waals surface area contributed by atoms with Gasteiger partial charge in [0.15, 0.2) is 0 Å². The zero-order valence-corrected chi connectivity index (χ0v) is 19.8. The van der Waals surface area contributed by atoms with E-state index in [2.05, 4.69) is 60.1 Å². The van der Waals surface area contributed by atoms with E-state index in [1.807, 2.05) is 25.9 Å². The monoisotopic (exact) mass is 426 g/mol. The average Bonchev–Trinajstić information content (AvgIpc) is 2.94. The van der Waals surface area contributed by atoms with E-state index in [0.717, 1.165) is 38.9 Å². The van der Waals surface area contributed by atoms with Crippen molar-refractivity contribution in [2.45, 2.75) is 45.6 Å².